The summed E-state index contributed by atoms with van der Waals surface area (Å²) in [6.07, 6.45) is -0.866. The molecule has 0 aliphatic heterocycles. The highest BCUT2D eigenvalue weighted by molar-refractivity contribution is 9.10. The molecular weight excluding hydrogens is 319 g/mol. The lowest BCUT2D eigenvalue weighted by atomic mass is 10.00. The van der Waals surface area contributed by atoms with Gasteiger partial charge in [-0.05, 0) is 46.1 Å². The van der Waals surface area contributed by atoms with Crippen LogP contribution in [0.3, 0.4) is 0 Å². The number of hydrogen-bond donors (Lipinski definition) is 1. The minimum atomic E-state index is -0.866. The molecule has 2 aromatic carbocycles. The first kappa shape index (κ1) is 13.5. The van der Waals surface area contributed by atoms with Crippen LogP contribution in [0.2, 0.25) is 5.02 Å². The lowest BCUT2D eigenvalue weighted by molar-refractivity contribution is 0.220. The summed E-state index contributed by atoms with van der Waals surface area (Å²) in [7, 11) is 0. The van der Waals surface area contributed by atoms with E-state index < -0.39 is 6.10 Å². The second kappa shape index (κ2) is 5.39. The summed E-state index contributed by atoms with van der Waals surface area (Å²) < 4.78 is 13.9. The highest BCUT2D eigenvalue weighted by atomic mass is 79.9. The predicted molar refractivity (Wildman–Crippen MR) is 74.4 cm³/mol. The van der Waals surface area contributed by atoms with Crippen molar-refractivity contribution in [1.82, 2.24) is 0 Å². The van der Waals surface area contributed by atoms with Crippen molar-refractivity contribution in [3.05, 3.63) is 68.4 Å². The Morgan fingerprint density at radius 1 is 1.28 bits per heavy atom. The molecule has 94 valence electrons. The predicted octanol–water partition coefficient (Wildman–Crippen LogP) is 4.63. The van der Waals surface area contributed by atoms with E-state index in [0.717, 1.165) is 4.47 Å². The van der Waals surface area contributed by atoms with Crippen molar-refractivity contribution in [2.24, 2.45) is 0 Å². The molecule has 0 aromatic heterocycles. The molecule has 0 aliphatic carbocycles. The summed E-state index contributed by atoms with van der Waals surface area (Å²) in [5.41, 5.74) is 1.71. The van der Waals surface area contributed by atoms with Crippen LogP contribution in [0.1, 0.15) is 22.8 Å². The van der Waals surface area contributed by atoms with Crippen molar-refractivity contribution in [1.29, 1.82) is 0 Å². The summed E-state index contributed by atoms with van der Waals surface area (Å²) in [5, 5.41) is 10.7. The van der Waals surface area contributed by atoms with Crippen molar-refractivity contribution in [2.75, 3.05) is 0 Å². The van der Waals surface area contributed by atoms with E-state index in [9.17, 15) is 9.50 Å². The zero-order valence-corrected chi connectivity index (χ0v) is 12.0. The molecule has 0 radical (unpaired) electrons. The molecule has 0 saturated heterocycles. The number of benzene rings is 2. The molecule has 0 aliphatic rings. The molecule has 0 bridgehead atoms. The normalized spacial score (nSPS) is 12.5. The Balaban J connectivity index is 2.44. The number of rotatable bonds is 2. The quantitative estimate of drug-likeness (QED) is 0.851. The summed E-state index contributed by atoms with van der Waals surface area (Å²) in [5.74, 6) is -0.286. The first-order chi connectivity index (χ1) is 8.50. The lowest BCUT2D eigenvalue weighted by Gasteiger charge is -2.14. The Bertz CT molecular complexity index is 586. The van der Waals surface area contributed by atoms with Gasteiger partial charge in [-0.3, -0.25) is 0 Å². The molecule has 1 N–H and O–H groups in total. The van der Waals surface area contributed by atoms with Crippen LogP contribution < -0.4 is 0 Å². The van der Waals surface area contributed by atoms with Crippen LogP contribution in [0.4, 0.5) is 4.39 Å². The third kappa shape index (κ3) is 2.58. The first-order valence-corrected chi connectivity index (χ1v) is 6.56. The average molecular weight is 330 g/mol. The van der Waals surface area contributed by atoms with Gasteiger partial charge in [0.05, 0.1) is 5.02 Å². The van der Waals surface area contributed by atoms with Crippen molar-refractivity contribution < 1.29 is 9.50 Å². The number of hydrogen-bond acceptors (Lipinski definition) is 1. The van der Waals surface area contributed by atoms with E-state index in [1.165, 1.54) is 6.07 Å². The smallest absolute Gasteiger partial charge is 0.126 e. The van der Waals surface area contributed by atoms with Crippen LogP contribution in [0.25, 0.3) is 0 Å². The third-order valence-electron chi connectivity index (χ3n) is 2.77. The molecule has 2 rings (SSSR count). The molecule has 1 atom stereocenters. The van der Waals surface area contributed by atoms with Crippen molar-refractivity contribution in [3.63, 3.8) is 0 Å². The van der Waals surface area contributed by atoms with Crippen molar-refractivity contribution in [2.45, 2.75) is 13.0 Å². The number of aliphatic hydroxyl groups is 1. The summed E-state index contributed by atoms with van der Waals surface area (Å²) >= 11 is 9.44. The van der Waals surface area contributed by atoms with Crippen LogP contribution in [-0.2, 0) is 0 Å². The van der Waals surface area contributed by atoms with Crippen molar-refractivity contribution >= 4 is 27.5 Å². The Morgan fingerprint density at radius 3 is 2.67 bits per heavy atom. The van der Waals surface area contributed by atoms with Gasteiger partial charge in [-0.2, -0.15) is 0 Å². The number of aryl methyl sites for hydroxylation is 1. The van der Waals surface area contributed by atoms with Crippen LogP contribution in [0.15, 0.2) is 40.9 Å². The Morgan fingerprint density at radius 2 is 2.00 bits per heavy atom. The van der Waals surface area contributed by atoms with E-state index in [2.05, 4.69) is 15.9 Å². The van der Waals surface area contributed by atoms with Gasteiger partial charge in [-0.1, -0.05) is 35.9 Å². The summed E-state index contributed by atoms with van der Waals surface area (Å²) in [6, 6.07) is 9.87. The van der Waals surface area contributed by atoms with Gasteiger partial charge in [0.2, 0.25) is 0 Å². The van der Waals surface area contributed by atoms with E-state index in [0.29, 0.717) is 21.7 Å². The van der Waals surface area contributed by atoms with Gasteiger partial charge in [0.15, 0.2) is 0 Å². The SMILES string of the molecule is Cc1cc(C(O)c2cccc(Br)c2Cl)ccc1F. The molecule has 0 heterocycles. The molecule has 0 saturated carbocycles. The molecule has 0 amide bonds. The molecular formula is C14H11BrClFO. The topological polar surface area (TPSA) is 20.2 Å². The second-order valence-electron chi connectivity index (χ2n) is 4.05. The Kier molecular flexibility index (Phi) is 4.05. The maximum atomic E-state index is 13.2. The monoisotopic (exact) mass is 328 g/mol. The molecule has 4 heteroatoms. The zero-order chi connectivity index (χ0) is 13.3. The molecule has 2 aromatic rings. The number of aliphatic hydroxyl groups excluding tert-OH is 1. The van der Waals surface area contributed by atoms with E-state index in [-0.39, 0.29) is 5.82 Å². The molecule has 18 heavy (non-hydrogen) atoms. The van der Waals surface area contributed by atoms with Gasteiger partial charge < -0.3 is 5.11 Å². The second-order valence-corrected chi connectivity index (χ2v) is 5.29. The van der Waals surface area contributed by atoms with Crippen LogP contribution in [0.5, 0.6) is 0 Å². The van der Waals surface area contributed by atoms with Crippen molar-refractivity contribution in [3.8, 4) is 0 Å². The van der Waals surface area contributed by atoms with E-state index in [1.807, 2.05) is 0 Å². The van der Waals surface area contributed by atoms with Crippen LogP contribution in [-0.4, -0.2) is 5.11 Å². The molecule has 0 spiro atoms. The van der Waals surface area contributed by atoms with E-state index >= 15 is 0 Å². The Labute approximate surface area is 118 Å². The standard InChI is InChI=1S/C14H11BrClFO/c1-8-7-9(5-6-12(8)17)14(18)10-3-2-4-11(15)13(10)16/h2-7,14,18H,1H3. The molecule has 1 unspecified atom stereocenters. The van der Waals surface area contributed by atoms with Crippen LogP contribution >= 0.6 is 27.5 Å². The van der Waals surface area contributed by atoms with Gasteiger partial charge in [0.25, 0.3) is 0 Å². The lowest BCUT2D eigenvalue weighted by Crippen LogP contribution is -2.01. The molecule has 1 nitrogen and oxygen atoms in total. The minimum Gasteiger partial charge on any atom is -0.384 e. The van der Waals surface area contributed by atoms with E-state index in [4.69, 9.17) is 11.6 Å². The van der Waals surface area contributed by atoms with E-state index in [1.54, 1.807) is 37.3 Å². The average Bonchev–Trinajstić information content (AvgIpc) is 2.35. The summed E-state index contributed by atoms with van der Waals surface area (Å²) in [4.78, 5) is 0. The van der Waals surface area contributed by atoms with Crippen LogP contribution in [0, 0.1) is 12.7 Å². The van der Waals surface area contributed by atoms with Gasteiger partial charge >= 0.3 is 0 Å². The fourth-order valence-electron chi connectivity index (χ4n) is 1.75. The maximum absolute atomic E-state index is 13.2. The molecule has 0 fully saturated rings. The van der Waals surface area contributed by atoms with Gasteiger partial charge in [0, 0.05) is 10.0 Å². The maximum Gasteiger partial charge on any atom is 0.126 e. The van der Waals surface area contributed by atoms with Gasteiger partial charge in [-0.15, -0.1) is 0 Å². The number of halogens is 3. The van der Waals surface area contributed by atoms with Gasteiger partial charge in [0.1, 0.15) is 11.9 Å². The summed E-state index contributed by atoms with van der Waals surface area (Å²) in [6.45, 7) is 1.66. The third-order valence-corrected chi connectivity index (χ3v) is 4.08. The highest BCUT2D eigenvalue weighted by Crippen LogP contribution is 2.33. The zero-order valence-electron chi connectivity index (χ0n) is 9.62. The fraction of sp³-hybridized carbons (Fsp3) is 0.143. The first-order valence-electron chi connectivity index (χ1n) is 5.38. The highest BCUT2D eigenvalue weighted by Gasteiger charge is 2.16. The van der Waals surface area contributed by atoms with Gasteiger partial charge in [-0.25, -0.2) is 4.39 Å². The Hall–Kier alpha value is -0.900. The largest absolute Gasteiger partial charge is 0.384 e. The minimum absolute atomic E-state index is 0.286. The fourth-order valence-corrected chi connectivity index (χ4v) is 2.36.